The van der Waals surface area contributed by atoms with Crippen LogP contribution in [0.1, 0.15) is 5.56 Å². The molecule has 0 atom stereocenters. The van der Waals surface area contributed by atoms with Gasteiger partial charge in [0, 0.05) is 11.1 Å². The van der Waals surface area contributed by atoms with Crippen molar-refractivity contribution in [3.63, 3.8) is 0 Å². The molecule has 0 saturated carbocycles. The van der Waals surface area contributed by atoms with Crippen LogP contribution < -0.4 is 0 Å². The van der Waals surface area contributed by atoms with Crippen molar-refractivity contribution < 1.29 is 4.79 Å². The zero-order valence-electron chi connectivity index (χ0n) is 9.51. The van der Waals surface area contributed by atoms with E-state index in [9.17, 15) is 4.79 Å². The number of hydrogen-bond donors (Lipinski definition) is 0. The fraction of sp³-hybridized carbons (Fsp3) is 0.154. The number of carbonyl (C=O) groups excluding carboxylic acids is 1. The van der Waals surface area contributed by atoms with E-state index in [0.29, 0.717) is 10.6 Å². The second-order valence-electron chi connectivity index (χ2n) is 3.37. The molecule has 1 aromatic rings. The van der Waals surface area contributed by atoms with Crippen molar-refractivity contribution in [2.75, 3.05) is 13.1 Å². The molecule has 1 amide bonds. The molecular formula is C13H10ClN3O. The first-order chi connectivity index (χ1) is 8.69. The van der Waals surface area contributed by atoms with Gasteiger partial charge in [0.05, 0.1) is 12.1 Å². The molecule has 0 saturated heterocycles. The first-order valence-corrected chi connectivity index (χ1v) is 5.52. The molecule has 1 aromatic carbocycles. The second kappa shape index (κ2) is 7.11. The highest BCUT2D eigenvalue weighted by atomic mass is 35.5. The van der Waals surface area contributed by atoms with Crippen LogP contribution in [0.5, 0.6) is 0 Å². The van der Waals surface area contributed by atoms with E-state index in [-0.39, 0.29) is 13.1 Å². The fourth-order valence-corrected chi connectivity index (χ4v) is 1.46. The largest absolute Gasteiger partial charge is 0.313 e. The van der Waals surface area contributed by atoms with Crippen molar-refractivity contribution in [2.45, 2.75) is 0 Å². The van der Waals surface area contributed by atoms with Gasteiger partial charge in [-0.3, -0.25) is 4.79 Å². The Kier molecular flexibility index (Phi) is 5.44. The molecule has 4 nitrogen and oxygen atoms in total. The van der Waals surface area contributed by atoms with Gasteiger partial charge in [-0.2, -0.15) is 10.5 Å². The Morgan fingerprint density at radius 2 is 1.89 bits per heavy atom. The van der Waals surface area contributed by atoms with Gasteiger partial charge in [-0.25, -0.2) is 0 Å². The van der Waals surface area contributed by atoms with Gasteiger partial charge in [-0.1, -0.05) is 29.8 Å². The number of rotatable bonds is 4. The van der Waals surface area contributed by atoms with Gasteiger partial charge in [-0.05, 0) is 17.7 Å². The number of halogens is 1. The summed E-state index contributed by atoms with van der Waals surface area (Å²) in [6.45, 7) is -0.224. The molecule has 90 valence electrons. The molecule has 18 heavy (non-hydrogen) atoms. The van der Waals surface area contributed by atoms with Gasteiger partial charge in [0.1, 0.15) is 13.1 Å². The number of nitrogens with zero attached hydrogens (tertiary/aromatic N) is 3. The van der Waals surface area contributed by atoms with Crippen LogP contribution in [0.15, 0.2) is 30.3 Å². The van der Waals surface area contributed by atoms with Crippen molar-refractivity contribution in [1.29, 1.82) is 10.5 Å². The highest BCUT2D eigenvalue weighted by Crippen LogP contribution is 2.16. The highest BCUT2D eigenvalue weighted by Gasteiger charge is 2.08. The van der Waals surface area contributed by atoms with Crippen molar-refractivity contribution in [1.82, 2.24) is 4.90 Å². The quantitative estimate of drug-likeness (QED) is 0.615. The molecule has 0 fully saturated rings. The van der Waals surface area contributed by atoms with E-state index in [4.69, 9.17) is 22.1 Å². The molecule has 0 N–H and O–H groups in total. The zero-order chi connectivity index (χ0) is 13.4. The fourth-order valence-electron chi connectivity index (χ4n) is 1.26. The zero-order valence-corrected chi connectivity index (χ0v) is 10.3. The first-order valence-electron chi connectivity index (χ1n) is 5.14. The van der Waals surface area contributed by atoms with Gasteiger partial charge >= 0.3 is 0 Å². The molecule has 0 radical (unpaired) electrons. The summed E-state index contributed by atoms with van der Waals surface area (Å²) in [7, 11) is 0. The van der Waals surface area contributed by atoms with Crippen LogP contribution in [0, 0.1) is 22.7 Å². The number of benzene rings is 1. The van der Waals surface area contributed by atoms with Gasteiger partial charge in [-0.15, -0.1) is 0 Å². The Morgan fingerprint density at radius 3 is 2.44 bits per heavy atom. The first kappa shape index (κ1) is 13.8. The van der Waals surface area contributed by atoms with Gasteiger partial charge in [0.25, 0.3) is 0 Å². The van der Waals surface area contributed by atoms with Crippen molar-refractivity contribution >= 4 is 23.6 Å². The normalized spacial score (nSPS) is 9.72. The number of carbonyl (C=O) groups is 1. The van der Waals surface area contributed by atoms with E-state index in [1.807, 2.05) is 12.1 Å². The average molecular weight is 260 g/mol. The van der Waals surface area contributed by atoms with Crippen LogP contribution in [0.3, 0.4) is 0 Å². The molecule has 0 spiro atoms. The third-order valence-corrected chi connectivity index (χ3v) is 2.49. The van der Waals surface area contributed by atoms with Crippen LogP contribution >= 0.6 is 11.6 Å². The van der Waals surface area contributed by atoms with E-state index < -0.39 is 5.91 Å². The Balaban J connectivity index is 2.78. The molecule has 0 unspecified atom stereocenters. The Labute approximate surface area is 110 Å². The maximum atomic E-state index is 11.7. The minimum absolute atomic E-state index is 0.112. The lowest BCUT2D eigenvalue weighted by Gasteiger charge is -2.12. The Hall–Kier alpha value is -2.30. The molecule has 0 aliphatic heterocycles. The minimum atomic E-state index is -0.391. The van der Waals surface area contributed by atoms with Gasteiger partial charge in [0.15, 0.2) is 0 Å². The van der Waals surface area contributed by atoms with Crippen LogP contribution in [0.2, 0.25) is 5.02 Å². The van der Waals surface area contributed by atoms with Crippen molar-refractivity contribution in [3.05, 3.63) is 40.9 Å². The summed E-state index contributed by atoms with van der Waals surface area (Å²) in [5.41, 5.74) is 0.710. The summed E-state index contributed by atoms with van der Waals surface area (Å²) in [5, 5.41) is 17.6. The predicted octanol–water partition coefficient (Wildman–Crippen LogP) is 2.23. The van der Waals surface area contributed by atoms with E-state index in [2.05, 4.69) is 0 Å². The summed E-state index contributed by atoms with van der Waals surface area (Å²) in [6, 6.07) is 10.8. The number of amides is 1. The maximum absolute atomic E-state index is 11.7. The minimum Gasteiger partial charge on any atom is -0.313 e. The highest BCUT2D eigenvalue weighted by molar-refractivity contribution is 6.32. The van der Waals surface area contributed by atoms with Crippen molar-refractivity contribution in [2.24, 2.45) is 0 Å². The second-order valence-corrected chi connectivity index (χ2v) is 3.77. The third-order valence-electron chi connectivity index (χ3n) is 2.15. The average Bonchev–Trinajstić information content (AvgIpc) is 2.37. The maximum Gasteiger partial charge on any atom is 0.248 e. The predicted molar refractivity (Wildman–Crippen MR) is 68.3 cm³/mol. The molecule has 0 aliphatic carbocycles. The molecule has 0 heterocycles. The SMILES string of the molecule is N#CCN(CC#N)C(=O)C=Cc1ccccc1Cl. The van der Waals surface area contributed by atoms with E-state index in [1.54, 1.807) is 30.3 Å². The molecule has 1 rings (SSSR count). The Morgan fingerprint density at radius 1 is 1.28 bits per heavy atom. The number of nitriles is 2. The van der Waals surface area contributed by atoms with E-state index in [1.165, 1.54) is 6.08 Å². The van der Waals surface area contributed by atoms with Crippen LogP contribution in [0.25, 0.3) is 6.08 Å². The summed E-state index contributed by atoms with van der Waals surface area (Å²) in [4.78, 5) is 12.8. The molecule has 0 bridgehead atoms. The summed E-state index contributed by atoms with van der Waals surface area (Å²) in [6.07, 6.45) is 2.86. The van der Waals surface area contributed by atoms with Crippen LogP contribution in [-0.2, 0) is 4.79 Å². The van der Waals surface area contributed by atoms with E-state index in [0.717, 1.165) is 4.90 Å². The standard InChI is InChI=1S/C13H10ClN3O/c14-12-4-2-1-3-11(12)5-6-13(18)17(9-7-15)10-8-16/h1-6H,9-10H2. The summed E-state index contributed by atoms with van der Waals surface area (Å²) >= 11 is 5.93. The topological polar surface area (TPSA) is 67.9 Å². The number of hydrogen-bond acceptors (Lipinski definition) is 3. The molecule has 0 aromatic heterocycles. The lowest BCUT2D eigenvalue weighted by atomic mass is 10.2. The third kappa shape index (κ3) is 3.93. The van der Waals surface area contributed by atoms with Gasteiger partial charge < -0.3 is 4.90 Å². The molecular weight excluding hydrogens is 250 g/mol. The van der Waals surface area contributed by atoms with E-state index >= 15 is 0 Å². The van der Waals surface area contributed by atoms with Crippen LogP contribution in [-0.4, -0.2) is 23.9 Å². The van der Waals surface area contributed by atoms with Gasteiger partial charge in [0.2, 0.25) is 5.91 Å². The van der Waals surface area contributed by atoms with Crippen LogP contribution in [0.4, 0.5) is 0 Å². The molecule has 5 heteroatoms. The lowest BCUT2D eigenvalue weighted by Crippen LogP contribution is -2.30. The smallest absolute Gasteiger partial charge is 0.248 e. The molecule has 0 aliphatic rings. The monoisotopic (exact) mass is 259 g/mol. The lowest BCUT2D eigenvalue weighted by molar-refractivity contribution is -0.124. The summed E-state index contributed by atoms with van der Waals surface area (Å²) < 4.78 is 0. The summed E-state index contributed by atoms with van der Waals surface area (Å²) in [5.74, 6) is -0.391. The Bertz CT molecular complexity index is 524. The van der Waals surface area contributed by atoms with Crippen molar-refractivity contribution in [3.8, 4) is 12.1 Å².